The van der Waals surface area contributed by atoms with Crippen molar-refractivity contribution in [2.45, 2.75) is 70.2 Å². The largest absolute Gasteiger partial charge is 0.449 e. The summed E-state index contributed by atoms with van der Waals surface area (Å²) < 4.78 is 11.1. The Hall–Kier alpha value is -2.88. The number of methoxy groups -OCH3 is 1. The van der Waals surface area contributed by atoms with Crippen molar-refractivity contribution in [1.82, 2.24) is 9.80 Å². The summed E-state index contributed by atoms with van der Waals surface area (Å²) >= 11 is 0. The fourth-order valence-corrected chi connectivity index (χ4v) is 5.83. The number of hydrogen-bond acceptors (Lipinski definition) is 8. The van der Waals surface area contributed by atoms with Gasteiger partial charge in [0, 0.05) is 31.2 Å². The van der Waals surface area contributed by atoms with Gasteiger partial charge in [0.05, 0.1) is 23.4 Å². The van der Waals surface area contributed by atoms with Gasteiger partial charge in [0.1, 0.15) is 12.6 Å². The van der Waals surface area contributed by atoms with Gasteiger partial charge < -0.3 is 30.7 Å². The molecule has 2 amide bonds. The number of carbonyl (C=O) groups excluding carboxylic acids is 4. The summed E-state index contributed by atoms with van der Waals surface area (Å²) in [5.74, 6) is -1.59. The van der Waals surface area contributed by atoms with E-state index in [1.165, 1.54) is 14.0 Å². The second-order valence-corrected chi connectivity index (χ2v) is 9.19. The first kappa shape index (κ1) is 23.3. The average molecular weight is 461 g/mol. The lowest BCUT2D eigenvalue weighted by atomic mass is 9.82. The second-order valence-electron chi connectivity index (χ2n) is 9.19. The van der Waals surface area contributed by atoms with Crippen molar-refractivity contribution in [3.05, 3.63) is 22.5 Å². The molecular weight excluding hydrogens is 428 g/mol. The number of piperazine rings is 1. The number of hydrogen-bond donors (Lipinski definition) is 2. The van der Waals surface area contributed by atoms with Gasteiger partial charge in [-0.3, -0.25) is 14.4 Å². The monoisotopic (exact) mass is 460 g/mol. The Bertz CT molecular complexity index is 972. The topological polar surface area (TPSA) is 145 Å². The van der Waals surface area contributed by atoms with Crippen LogP contribution in [0.1, 0.15) is 52.4 Å². The molecule has 2 saturated heterocycles. The molecule has 0 spiro atoms. The number of unbranched alkanes of at least 4 members (excludes halogenated alkanes) is 4. The number of primary amides is 1. The van der Waals surface area contributed by atoms with Crippen molar-refractivity contribution < 1.29 is 28.7 Å². The maximum Gasteiger partial charge on any atom is 0.404 e. The van der Waals surface area contributed by atoms with E-state index < -0.39 is 23.5 Å². The minimum atomic E-state index is -1.20. The summed E-state index contributed by atoms with van der Waals surface area (Å²) in [5.41, 5.74) is 10.4. The van der Waals surface area contributed by atoms with E-state index in [0.717, 1.165) is 32.1 Å². The van der Waals surface area contributed by atoms with E-state index in [1.54, 1.807) is 9.80 Å². The van der Waals surface area contributed by atoms with Gasteiger partial charge in [0.15, 0.2) is 5.72 Å². The normalized spacial score (nSPS) is 30.0. The molecule has 0 radical (unpaired) electrons. The highest BCUT2D eigenvalue weighted by Gasteiger charge is 2.77. The van der Waals surface area contributed by atoms with Crippen molar-refractivity contribution in [1.29, 1.82) is 0 Å². The molecule has 4 rings (SSSR count). The quantitative estimate of drug-likeness (QED) is 0.294. The lowest BCUT2D eigenvalue weighted by Crippen LogP contribution is -2.56. The van der Waals surface area contributed by atoms with Crippen molar-refractivity contribution in [3.63, 3.8) is 0 Å². The maximum atomic E-state index is 13.2. The highest BCUT2D eigenvalue weighted by atomic mass is 16.6. The Morgan fingerprint density at radius 3 is 2.48 bits per heavy atom. The molecule has 0 bridgehead atoms. The Morgan fingerprint density at radius 1 is 1.15 bits per heavy atom. The smallest absolute Gasteiger partial charge is 0.404 e. The van der Waals surface area contributed by atoms with Crippen LogP contribution in [-0.4, -0.2) is 71.4 Å². The molecule has 0 saturated carbocycles. The van der Waals surface area contributed by atoms with E-state index in [9.17, 15) is 19.2 Å². The molecule has 4 aliphatic rings. The van der Waals surface area contributed by atoms with Gasteiger partial charge in [-0.1, -0.05) is 32.6 Å². The third-order valence-corrected chi connectivity index (χ3v) is 7.47. The molecule has 3 aliphatic heterocycles. The number of carbonyl (C=O) groups is 4. The van der Waals surface area contributed by atoms with Crippen LogP contribution in [0, 0.1) is 5.92 Å². The number of nitrogens with zero attached hydrogens (tertiary/aromatic N) is 2. The number of ether oxygens (including phenoxy) is 2. The first-order valence-electron chi connectivity index (χ1n) is 11.6. The number of Topliss-reactive ketones (excluding diaryl/α,β-unsaturated/α-hetero) is 2. The van der Waals surface area contributed by atoms with Crippen molar-refractivity contribution in [3.8, 4) is 0 Å². The highest BCUT2D eigenvalue weighted by Crippen LogP contribution is 2.59. The Kier molecular flexibility index (Phi) is 5.98. The third kappa shape index (κ3) is 3.34. The molecule has 4 N–H and O–H groups in total. The summed E-state index contributed by atoms with van der Waals surface area (Å²) in [6.07, 6.45) is 4.66. The lowest BCUT2D eigenvalue weighted by molar-refractivity contribution is -0.153. The van der Waals surface area contributed by atoms with Crippen LogP contribution in [0.25, 0.3) is 0 Å². The summed E-state index contributed by atoms with van der Waals surface area (Å²) in [6, 6.07) is -0.496. The SMILES string of the molecule is CCCCCCCC(=O)N1C2CN3C4=C(C(=O)C(N)=C(C)C4=O)C(COC(N)=O)C3(OC)C21. The highest BCUT2D eigenvalue weighted by molar-refractivity contribution is 6.25. The van der Waals surface area contributed by atoms with Gasteiger partial charge in [-0.25, -0.2) is 4.79 Å². The van der Waals surface area contributed by atoms with Gasteiger partial charge in [-0.05, 0) is 13.3 Å². The van der Waals surface area contributed by atoms with Gasteiger partial charge in [0.2, 0.25) is 17.5 Å². The predicted molar refractivity (Wildman–Crippen MR) is 117 cm³/mol. The maximum absolute atomic E-state index is 13.2. The minimum absolute atomic E-state index is 0.0310. The molecule has 10 nitrogen and oxygen atoms in total. The minimum Gasteiger partial charge on any atom is -0.449 e. The van der Waals surface area contributed by atoms with Crippen LogP contribution in [0.15, 0.2) is 22.5 Å². The molecule has 0 aromatic carbocycles. The van der Waals surface area contributed by atoms with E-state index in [-0.39, 0.29) is 52.9 Å². The van der Waals surface area contributed by atoms with E-state index in [2.05, 4.69) is 6.92 Å². The van der Waals surface area contributed by atoms with Gasteiger partial charge in [-0.2, -0.15) is 0 Å². The molecule has 180 valence electrons. The molecule has 4 unspecified atom stereocenters. The van der Waals surface area contributed by atoms with E-state index in [0.29, 0.717) is 13.0 Å². The van der Waals surface area contributed by atoms with Gasteiger partial charge in [-0.15, -0.1) is 0 Å². The molecule has 0 aromatic rings. The van der Waals surface area contributed by atoms with E-state index in [4.69, 9.17) is 20.9 Å². The summed E-state index contributed by atoms with van der Waals surface area (Å²) in [5, 5.41) is 0. The number of ketones is 2. The average Bonchev–Trinajstić information content (AvgIpc) is 3.30. The first-order valence-corrected chi connectivity index (χ1v) is 11.6. The molecule has 10 heteroatoms. The number of allylic oxidation sites excluding steroid dienone is 2. The number of fused-ring (bicyclic) bond motifs is 4. The first-order chi connectivity index (χ1) is 15.7. The van der Waals surface area contributed by atoms with Crippen LogP contribution >= 0.6 is 0 Å². The van der Waals surface area contributed by atoms with Crippen LogP contribution in [-0.2, 0) is 23.9 Å². The zero-order valence-corrected chi connectivity index (χ0v) is 19.4. The zero-order valence-electron chi connectivity index (χ0n) is 19.4. The number of nitrogens with two attached hydrogens (primary N) is 2. The molecule has 33 heavy (non-hydrogen) atoms. The van der Waals surface area contributed by atoms with Crippen LogP contribution in [0.4, 0.5) is 4.79 Å². The Labute approximate surface area is 192 Å². The zero-order chi connectivity index (χ0) is 24.1. The van der Waals surface area contributed by atoms with Crippen molar-refractivity contribution in [2.24, 2.45) is 17.4 Å². The van der Waals surface area contributed by atoms with Crippen LogP contribution in [0.3, 0.4) is 0 Å². The molecule has 0 aromatic heterocycles. The Balaban J connectivity index is 1.61. The Morgan fingerprint density at radius 2 is 1.85 bits per heavy atom. The fraction of sp³-hybridized carbons (Fsp3) is 0.652. The van der Waals surface area contributed by atoms with Crippen LogP contribution < -0.4 is 11.5 Å². The van der Waals surface area contributed by atoms with Crippen molar-refractivity contribution >= 4 is 23.6 Å². The standard InChI is InChI=1S/C23H32N4O6/c1-4-5-6-7-8-9-15(28)27-14-10-26-18-16(20(30)17(24)12(2)19(18)29)13(11-33-22(25)31)23(26,32-3)21(14)27/h13-14,21H,4-11,24H2,1-3H3,(H2,25,31). The number of amides is 2. The van der Waals surface area contributed by atoms with Gasteiger partial charge in [0.25, 0.3) is 0 Å². The summed E-state index contributed by atoms with van der Waals surface area (Å²) in [6.45, 7) is 3.77. The summed E-state index contributed by atoms with van der Waals surface area (Å²) in [7, 11) is 1.48. The van der Waals surface area contributed by atoms with Gasteiger partial charge >= 0.3 is 6.09 Å². The van der Waals surface area contributed by atoms with Crippen LogP contribution in [0.2, 0.25) is 0 Å². The molecule has 3 heterocycles. The van der Waals surface area contributed by atoms with E-state index in [1.807, 2.05) is 0 Å². The van der Waals surface area contributed by atoms with Crippen molar-refractivity contribution in [2.75, 3.05) is 20.3 Å². The lowest BCUT2D eigenvalue weighted by Gasteiger charge is -2.41. The van der Waals surface area contributed by atoms with E-state index >= 15 is 0 Å². The predicted octanol–water partition coefficient (Wildman–Crippen LogP) is 0.948. The number of rotatable bonds is 9. The second kappa shape index (κ2) is 8.48. The molecule has 2 fully saturated rings. The molecule has 4 atom stereocenters. The van der Waals surface area contributed by atoms with Crippen LogP contribution in [0.5, 0.6) is 0 Å². The molecule has 1 aliphatic carbocycles. The third-order valence-electron chi connectivity index (χ3n) is 7.47. The summed E-state index contributed by atoms with van der Waals surface area (Å²) in [4.78, 5) is 54.2. The fourth-order valence-electron chi connectivity index (χ4n) is 5.83. The molecular formula is C23H32N4O6.